The van der Waals surface area contributed by atoms with E-state index in [-0.39, 0.29) is 0 Å². The number of fused-ring (bicyclic) bond motifs is 1. The number of nitrogens with one attached hydrogen (secondary N) is 1. The van der Waals surface area contributed by atoms with Crippen LogP contribution in [0.5, 0.6) is 0 Å². The molecular formula is C10H11N. The highest BCUT2D eigenvalue weighted by Crippen LogP contribution is 2.21. The van der Waals surface area contributed by atoms with Gasteiger partial charge in [0.05, 0.1) is 0 Å². The van der Waals surface area contributed by atoms with Crippen molar-refractivity contribution < 1.29 is 0 Å². The Kier molecular flexibility index (Phi) is 1.42. The summed E-state index contributed by atoms with van der Waals surface area (Å²) in [5, 5.41) is 3.32. The van der Waals surface area contributed by atoms with Crippen molar-refractivity contribution in [3.8, 4) is 0 Å². The quantitative estimate of drug-likeness (QED) is 0.591. The molecule has 11 heavy (non-hydrogen) atoms. The highest BCUT2D eigenvalue weighted by Gasteiger charge is 2.04. The number of benzene rings is 1. The van der Waals surface area contributed by atoms with E-state index in [2.05, 4.69) is 42.6 Å². The van der Waals surface area contributed by atoms with Gasteiger partial charge in [0.2, 0.25) is 0 Å². The van der Waals surface area contributed by atoms with Crippen molar-refractivity contribution in [3.05, 3.63) is 41.6 Å². The first-order chi connectivity index (χ1) is 5.36. The van der Waals surface area contributed by atoms with Crippen molar-refractivity contribution in [3.63, 3.8) is 0 Å². The van der Waals surface area contributed by atoms with E-state index in [1.165, 1.54) is 16.9 Å². The SMILES string of the molecule is CC1=CCc2ccccc2N1. The molecule has 0 bridgehead atoms. The average Bonchev–Trinajstić information content (AvgIpc) is 2.04. The van der Waals surface area contributed by atoms with Crippen molar-refractivity contribution in [2.75, 3.05) is 5.32 Å². The van der Waals surface area contributed by atoms with Crippen LogP contribution < -0.4 is 5.32 Å². The molecule has 2 rings (SSSR count). The lowest BCUT2D eigenvalue weighted by atomic mass is 10.1. The van der Waals surface area contributed by atoms with Crippen molar-refractivity contribution in [2.45, 2.75) is 13.3 Å². The molecule has 0 fully saturated rings. The van der Waals surface area contributed by atoms with E-state index in [0.717, 1.165) is 6.42 Å². The first-order valence-electron chi connectivity index (χ1n) is 3.88. The Morgan fingerprint density at radius 2 is 2.09 bits per heavy atom. The minimum Gasteiger partial charge on any atom is -0.359 e. The molecule has 0 unspecified atom stereocenters. The maximum absolute atomic E-state index is 3.32. The predicted octanol–water partition coefficient (Wildman–Crippen LogP) is 2.56. The third-order valence-electron chi connectivity index (χ3n) is 1.98. The zero-order chi connectivity index (χ0) is 7.68. The Labute approximate surface area is 66.7 Å². The van der Waals surface area contributed by atoms with Gasteiger partial charge in [-0.3, -0.25) is 0 Å². The summed E-state index contributed by atoms with van der Waals surface area (Å²) in [4.78, 5) is 0. The molecule has 0 aliphatic carbocycles. The number of hydrogen-bond acceptors (Lipinski definition) is 1. The van der Waals surface area contributed by atoms with Crippen molar-refractivity contribution in [2.24, 2.45) is 0 Å². The monoisotopic (exact) mass is 145 g/mol. The van der Waals surface area contributed by atoms with E-state index in [4.69, 9.17) is 0 Å². The Balaban J connectivity index is 2.42. The zero-order valence-corrected chi connectivity index (χ0v) is 6.59. The first-order valence-corrected chi connectivity index (χ1v) is 3.88. The molecule has 0 atom stereocenters. The predicted molar refractivity (Wildman–Crippen MR) is 47.5 cm³/mol. The first kappa shape index (κ1) is 6.47. The Morgan fingerprint density at radius 1 is 1.27 bits per heavy atom. The summed E-state index contributed by atoms with van der Waals surface area (Å²) >= 11 is 0. The lowest BCUT2D eigenvalue weighted by Crippen LogP contribution is -2.04. The Hall–Kier alpha value is -1.24. The van der Waals surface area contributed by atoms with Gasteiger partial charge in [0.25, 0.3) is 0 Å². The number of rotatable bonds is 0. The van der Waals surface area contributed by atoms with E-state index < -0.39 is 0 Å². The van der Waals surface area contributed by atoms with Crippen LogP contribution in [0.25, 0.3) is 0 Å². The van der Waals surface area contributed by atoms with Crippen LogP contribution in [-0.4, -0.2) is 0 Å². The minimum atomic E-state index is 1.06. The summed E-state index contributed by atoms with van der Waals surface area (Å²) in [5.41, 5.74) is 3.90. The second kappa shape index (κ2) is 2.42. The highest BCUT2D eigenvalue weighted by atomic mass is 14.9. The molecule has 1 aliphatic rings. The Morgan fingerprint density at radius 3 is 3.00 bits per heavy atom. The molecule has 56 valence electrons. The normalized spacial score (nSPS) is 14.8. The largest absolute Gasteiger partial charge is 0.359 e. The zero-order valence-electron chi connectivity index (χ0n) is 6.59. The number of hydrogen-bond donors (Lipinski definition) is 1. The van der Waals surface area contributed by atoms with E-state index in [9.17, 15) is 0 Å². The van der Waals surface area contributed by atoms with Crippen LogP contribution in [0, 0.1) is 0 Å². The molecule has 0 amide bonds. The third kappa shape index (κ3) is 1.14. The summed E-state index contributed by atoms with van der Waals surface area (Å²) in [6.07, 6.45) is 3.28. The van der Waals surface area contributed by atoms with Crippen molar-refractivity contribution in [1.29, 1.82) is 0 Å². The van der Waals surface area contributed by atoms with Crippen LogP contribution in [0.15, 0.2) is 36.0 Å². The van der Waals surface area contributed by atoms with E-state index in [0.29, 0.717) is 0 Å². The van der Waals surface area contributed by atoms with E-state index >= 15 is 0 Å². The van der Waals surface area contributed by atoms with Crippen molar-refractivity contribution in [1.82, 2.24) is 0 Å². The molecule has 1 nitrogen and oxygen atoms in total. The van der Waals surface area contributed by atoms with Gasteiger partial charge in [-0.05, 0) is 25.0 Å². The second-order valence-corrected chi connectivity index (χ2v) is 2.87. The summed E-state index contributed by atoms with van der Waals surface area (Å²) in [6, 6.07) is 8.41. The van der Waals surface area contributed by atoms with Crippen molar-refractivity contribution >= 4 is 5.69 Å². The lowest BCUT2D eigenvalue weighted by Gasteiger charge is -2.15. The maximum atomic E-state index is 3.32. The molecular weight excluding hydrogens is 134 g/mol. The van der Waals surface area contributed by atoms with E-state index in [1.807, 2.05) is 0 Å². The van der Waals surface area contributed by atoms with Gasteiger partial charge in [0.1, 0.15) is 0 Å². The van der Waals surface area contributed by atoms with Crippen LogP contribution in [0.4, 0.5) is 5.69 Å². The van der Waals surface area contributed by atoms with Gasteiger partial charge >= 0.3 is 0 Å². The molecule has 1 aromatic rings. The average molecular weight is 145 g/mol. The van der Waals surface area contributed by atoms with Crippen LogP contribution in [0.2, 0.25) is 0 Å². The van der Waals surface area contributed by atoms with Crippen LogP contribution in [0.1, 0.15) is 12.5 Å². The standard InChI is InChI=1S/C10H11N/c1-8-6-7-9-4-2-3-5-10(9)11-8/h2-6,11H,7H2,1H3. The van der Waals surface area contributed by atoms with Gasteiger partial charge < -0.3 is 5.32 Å². The molecule has 0 radical (unpaired) electrons. The highest BCUT2D eigenvalue weighted by molar-refractivity contribution is 5.57. The molecule has 1 heterocycles. The van der Waals surface area contributed by atoms with E-state index in [1.54, 1.807) is 0 Å². The molecule has 1 aliphatic heterocycles. The number of allylic oxidation sites excluding steroid dienone is 2. The summed E-state index contributed by atoms with van der Waals surface area (Å²) in [5.74, 6) is 0. The van der Waals surface area contributed by atoms with Gasteiger partial charge in [0.15, 0.2) is 0 Å². The fourth-order valence-electron chi connectivity index (χ4n) is 1.35. The summed E-state index contributed by atoms with van der Waals surface area (Å²) < 4.78 is 0. The van der Waals surface area contributed by atoms with Gasteiger partial charge in [-0.15, -0.1) is 0 Å². The molecule has 0 saturated heterocycles. The molecule has 0 saturated carbocycles. The van der Waals surface area contributed by atoms with Crippen LogP contribution in [0.3, 0.4) is 0 Å². The molecule has 1 N–H and O–H groups in total. The minimum absolute atomic E-state index is 1.06. The van der Waals surface area contributed by atoms with Gasteiger partial charge in [-0.25, -0.2) is 0 Å². The fraction of sp³-hybridized carbons (Fsp3) is 0.200. The summed E-state index contributed by atoms with van der Waals surface area (Å²) in [7, 11) is 0. The van der Waals surface area contributed by atoms with Crippen LogP contribution >= 0.6 is 0 Å². The summed E-state index contributed by atoms with van der Waals surface area (Å²) in [6.45, 7) is 2.09. The van der Waals surface area contributed by atoms with Gasteiger partial charge in [0, 0.05) is 11.4 Å². The number of anilines is 1. The smallest absolute Gasteiger partial charge is 0.0417 e. The lowest BCUT2D eigenvalue weighted by molar-refractivity contribution is 1.16. The van der Waals surface area contributed by atoms with Gasteiger partial charge in [-0.2, -0.15) is 0 Å². The second-order valence-electron chi connectivity index (χ2n) is 2.87. The third-order valence-corrected chi connectivity index (χ3v) is 1.98. The number of para-hydroxylation sites is 1. The van der Waals surface area contributed by atoms with Gasteiger partial charge in [-0.1, -0.05) is 24.3 Å². The Bertz CT molecular complexity index is 299. The molecule has 0 aromatic heterocycles. The fourth-order valence-corrected chi connectivity index (χ4v) is 1.35. The molecule has 0 spiro atoms. The van der Waals surface area contributed by atoms with Crippen LogP contribution in [-0.2, 0) is 6.42 Å². The topological polar surface area (TPSA) is 12.0 Å². The molecule has 1 heteroatoms. The molecule has 1 aromatic carbocycles. The maximum Gasteiger partial charge on any atom is 0.0417 e.